The van der Waals surface area contributed by atoms with Crippen LogP contribution in [0.5, 0.6) is 0 Å². The standard InChI is InChI=1S/C10H21IO3/c11-9-7-5-3-1-2-4-6-8-10(12,13)14/h12-14H,1-9H2. The van der Waals surface area contributed by atoms with Crippen LogP contribution in [0.15, 0.2) is 0 Å². The molecular weight excluding hydrogens is 295 g/mol. The molecule has 3 N–H and O–H groups in total. The summed E-state index contributed by atoms with van der Waals surface area (Å²) in [4.78, 5) is 0. The average molecular weight is 316 g/mol. The van der Waals surface area contributed by atoms with Crippen molar-refractivity contribution in [3.05, 3.63) is 0 Å². The summed E-state index contributed by atoms with van der Waals surface area (Å²) in [6.45, 7) is 0. The number of rotatable bonds is 9. The highest BCUT2D eigenvalue weighted by molar-refractivity contribution is 14.1. The summed E-state index contributed by atoms with van der Waals surface area (Å²) in [5, 5.41) is 25.8. The van der Waals surface area contributed by atoms with E-state index in [1.165, 1.54) is 30.1 Å². The Hall–Kier alpha value is 0.610. The smallest absolute Gasteiger partial charge is 0.275 e. The van der Waals surface area contributed by atoms with E-state index in [0.717, 1.165) is 12.8 Å². The van der Waals surface area contributed by atoms with Gasteiger partial charge in [-0.15, -0.1) is 0 Å². The van der Waals surface area contributed by atoms with Gasteiger partial charge in [0.2, 0.25) is 0 Å². The molecule has 0 saturated heterocycles. The molecule has 0 aliphatic rings. The van der Waals surface area contributed by atoms with E-state index >= 15 is 0 Å². The lowest BCUT2D eigenvalue weighted by molar-refractivity contribution is -0.315. The highest BCUT2D eigenvalue weighted by Crippen LogP contribution is 2.12. The second-order valence-corrected chi connectivity index (χ2v) is 4.77. The second-order valence-electron chi connectivity index (χ2n) is 3.69. The van der Waals surface area contributed by atoms with Crippen molar-refractivity contribution < 1.29 is 15.3 Å². The van der Waals surface area contributed by atoms with Gasteiger partial charge in [-0.2, -0.15) is 0 Å². The predicted octanol–water partition coefficient (Wildman–Crippen LogP) is 2.17. The van der Waals surface area contributed by atoms with Crippen molar-refractivity contribution in [3.63, 3.8) is 0 Å². The number of unbranched alkanes of at least 4 members (excludes halogenated alkanes) is 6. The minimum absolute atomic E-state index is 0.0563. The lowest BCUT2D eigenvalue weighted by Gasteiger charge is -2.12. The van der Waals surface area contributed by atoms with Gasteiger partial charge in [0, 0.05) is 6.42 Å². The number of halogens is 1. The molecule has 0 aromatic carbocycles. The minimum Gasteiger partial charge on any atom is -0.344 e. The van der Waals surface area contributed by atoms with E-state index in [9.17, 15) is 0 Å². The van der Waals surface area contributed by atoms with Crippen LogP contribution in [-0.2, 0) is 0 Å². The van der Waals surface area contributed by atoms with Gasteiger partial charge in [-0.05, 0) is 17.3 Å². The van der Waals surface area contributed by atoms with Gasteiger partial charge in [0.25, 0.3) is 5.97 Å². The van der Waals surface area contributed by atoms with Crippen molar-refractivity contribution in [2.24, 2.45) is 0 Å². The summed E-state index contributed by atoms with van der Waals surface area (Å²) in [5.41, 5.74) is 0. The second kappa shape index (κ2) is 8.88. The molecule has 0 aromatic heterocycles. The van der Waals surface area contributed by atoms with Crippen LogP contribution in [0.1, 0.15) is 51.4 Å². The molecule has 0 spiro atoms. The Kier molecular flexibility index (Phi) is 9.27. The first-order chi connectivity index (χ1) is 6.56. The number of alkyl halides is 1. The zero-order valence-electron chi connectivity index (χ0n) is 8.58. The van der Waals surface area contributed by atoms with Crippen molar-refractivity contribution in [1.29, 1.82) is 0 Å². The van der Waals surface area contributed by atoms with Gasteiger partial charge in [0.05, 0.1) is 0 Å². The Labute approximate surface area is 99.7 Å². The highest BCUT2D eigenvalue weighted by Gasteiger charge is 2.16. The Bertz CT molecular complexity index is 123. The molecular formula is C10H21IO3. The maximum Gasteiger partial charge on any atom is 0.275 e. The molecule has 0 radical (unpaired) electrons. The molecule has 0 bridgehead atoms. The average Bonchev–Trinajstić information content (AvgIpc) is 2.08. The Morgan fingerprint density at radius 1 is 0.714 bits per heavy atom. The third-order valence-corrected chi connectivity index (χ3v) is 2.91. The van der Waals surface area contributed by atoms with Crippen molar-refractivity contribution >= 4 is 22.6 Å². The molecule has 0 saturated carbocycles. The molecule has 0 aromatic rings. The molecule has 0 fully saturated rings. The first-order valence-corrected chi connectivity index (χ1v) is 6.82. The first kappa shape index (κ1) is 14.6. The van der Waals surface area contributed by atoms with Crippen LogP contribution in [0.2, 0.25) is 0 Å². The topological polar surface area (TPSA) is 60.7 Å². The van der Waals surface area contributed by atoms with Crippen LogP contribution in [-0.4, -0.2) is 25.7 Å². The first-order valence-electron chi connectivity index (χ1n) is 5.29. The summed E-state index contributed by atoms with van der Waals surface area (Å²) in [7, 11) is 0. The van der Waals surface area contributed by atoms with Crippen LogP contribution in [0.3, 0.4) is 0 Å². The van der Waals surface area contributed by atoms with Gasteiger partial charge >= 0.3 is 0 Å². The van der Waals surface area contributed by atoms with Crippen molar-refractivity contribution in [2.45, 2.75) is 57.3 Å². The number of aliphatic hydroxyl groups is 3. The molecule has 0 heterocycles. The van der Waals surface area contributed by atoms with E-state index in [-0.39, 0.29) is 6.42 Å². The quantitative estimate of drug-likeness (QED) is 0.264. The van der Waals surface area contributed by atoms with Gasteiger partial charge in [0.15, 0.2) is 0 Å². The van der Waals surface area contributed by atoms with Crippen molar-refractivity contribution in [2.75, 3.05) is 4.43 Å². The third-order valence-electron chi connectivity index (χ3n) is 2.15. The monoisotopic (exact) mass is 316 g/mol. The largest absolute Gasteiger partial charge is 0.344 e. The SMILES string of the molecule is OC(O)(O)CCCCCCCCCI. The summed E-state index contributed by atoms with van der Waals surface area (Å²) >= 11 is 2.39. The summed E-state index contributed by atoms with van der Waals surface area (Å²) in [5.74, 6) is -2.46. The number of hydrogen-bond acceptors (Lipinski definition) is 3. The van der Waals surface area contributed by atoms with Gasteiger partial charge in [-0.3, -0.25) is 0 Å². The van der Waals surface area contributed by atoms with Crippen LogP contribution >= 0.6 is 22.6 Å². The molecule has 0 aliphatic heterocycles. The van der Waals surface area contributed by atoms with Crippen LogP contribution in [0.4, 0.5) is 0 Å². The summed E-state index contributed by atoms with van der Waals surface area (Å²) in [6, 6.07) is 0. The van der Waals surface area contributed by atoms with Gasteiger partial charge in [0.1, 0.15) is 0 Å². The lowest BCUT2D eigenvalue weighted by Crippen LogP contribution is -2.26. The maximum atomic E-state index is 8.60. The minimum atomic E-state index is -2.46. The van der Waals surface area contributed by atoms with Gasteiger partial charge in [-0.25, -0.2) is 0 Å². The van der Waals surface area contributed by atoms with E-state index in [1.54, 1.807) is 0 Å². The van der Waals surface area contributed by atoms with E-state index in [2.05, 4.69) is 22.6 Å². The Morgan fingerprint density at radius 2 is 1.14 bits per heavy atom. The molecule has 0 rings (SSSR count). The molecule has 0 amide bonds. The molecule has 86 valence electrons. The summed E-state index contributed by atoms with van der Waals surface area (Å²) in [6.07, 6.45) is 7.90. The fraction of sp³-hybridized carbons (Fsp3) is 1.00. The maximum absolute atomic E-state index is 8.60. The predicted molar refractivity (Wildman–Crippen MR) is 65.2 cm³/mol. The van der Waals surface area contributed by atoms with Crippen molar-refractivity contribution in [3.8, 4) is 0 Å². The zero-order chi connectivity index (χ0) is 10.9. The molecule has 0 aliphatic carbocycles. The normalized spacial score (nSPS) is 12.0. The summed E-state index contributed by atoms with van der Waals surface area (Å²) < 4.78 is 1.24. The highest BCUT2D eigenvalue weighted by atomic mass is 127. The lowest BCUT2D eigenvalue weighted by atomic mass is 10.1. The third kappa shape index (κ3) is 12.6. The van der Waals surface area contributed by atoms with E-state index in [0.29, 0.717) is 6.42 Å². The van der Waals surface area contributed by atoms with Crippen LogP contribution in [0, 0.1) is 0 Å². The van der Waals surface area contributed by atoms with Crippen LogP contribution in [0.25, 0.3) is 0 Å². The van der Waals surface area contributed by atoms with Crippen molar-refractivity contribution in [1.82, 2.24) is 0 Å². The Balaban J connectivity index is 2.99. The van der Waals surface area contributed by atoms with Gasteiger partial charge in [-0.1, -0.05) is 54.7 Å². The molecule has 0 unspecified atom stereocenters. The fourth-order valence-corrected chi connectivity index (χ4v) is 1.88. The molecule has 14 heavy (non-hydrogen) atoms. The number of hydrogen-bond donors (Lipinski definition) is 3. The molecule has 0 atom stereocenters. The van der Waals surface area contributed by atoms with Crippen LogP contribution < -0.4 is 0 Å². The fourth-order valence-electron chi connectivity index (χ4n) is 1.34. The Morgan fingerprint density at radius 3 is 1.57 bits per heavy atom. The zero-order valence-corrected chi connectivity index (χ0v) is 10.7. The molecule has 4 heteroatoms. The van der Waals surface area contributed by atoms with Gasteiger partial charge < -0.3 is 15.3 Å². The van der Waals surface area contributed by atoms with E-state index in [1.807, 2.05) is 0 Å². The van der Waals surface area contributed by atoms with E-state index < -0.39 is 5.97 Å². The molecule has 3 nitrogen and oxygen atoms in total. The van der Waals surface area contributed by atoms with E-state index in [4.69, 9.17) is 15.3 Å².